The minimum absolute atomic E-state index is 0.275. The maximum atomic E-state index is 11.1. The molecule has 0 saturated carbocycles. The molecule has 94 valence electrons. The lowest BCUT2D eigenvalue weighted by Crippen LogP contribution is -2.13. The minimum Gasteiger partial charge on any atom is -0.426 e. The van der Waals surface area contributed by atoms with E-state index in [4.69, 9.17) is 10.00 Å². The molecule has 2 rings (SSSR count). The molecule has 1 unspecified atom stereocenters. The van der Waals surface area contributed by atoms with E-state index in [9.17, 15) is 4.79 Å². The van der Waals surface area contributed by atoms with E-state index in [1.54, 1.807) is 0 Å². The van der Waals surface area contributed by atoms with Crippen LogP contribution < -0.4 is 4.74 Å². The normalized spacial score (nSPS) is 17.7. The van der Waals surface area contributed by atoms with Gasteiger partial charge in [-0.25, -0.2) is 0 Å². The number of hydrogen-bond acceptors (Lipinski definition) is 3. The molecular formula is C15H17NO2. The number of nitrogens with zero attached hydrogens (tertiary/aromatic N) is 1. The van der Waals surface area contributed by atoms with Gasteiger partial charge in [-0.3, -0.25) is 4.79 Å². The molecule has 0 N–H and O–H groups in total. The van der Waals surface area contributed by atoms with Gasteiger partial charge in [0.15, 0.2) is 0 Å². The summed E-state index contributed by atoms with van der Waals surface area (Å²) in [5.41, 5.74) is 2.41. The highest BCUT2D eigenvalue weighted by Gasteiger charge is 2.22. The molecule has 0 heterocycles. The van der Waals surface area contributed by atoms with Crippen LogP contribution in [0.1, 0.15) is 49.7 Å². The molecule has 0 saturated heterocycles. The van der Waals surface area contributed by atoms with Gasteiger partial charge >= 0.3 is 5.97 Å². The summed E-state index contributed by atoms with van der Waals surface area (Å²) >= 11 is 0. The van der Waals surface area contributed by atoms with Gasteiger partial charge < -0.3 is 4.74 Å². The van der Waals surface area contributed by atoms with Gasteiger partial charge in [-0.15, -0.1) is 0 Å². The van der Waals surface area contributed by atoms with E-state index in [1.807, 2.05) is 12.1 Å². The molecule has 0 bridgehead atoms. The molecule has 0 spiro atoms. The fourth-order valence-corrected chi connectivity index (χ4v) is 2.70. The third-order valence-electron chi connectivity index (χ3n) is 3.45. The number of benzene rings is 1. The second-order valence-corrected chi connectivity index (χ2v) is 4.70. The van der Waals surface area contributed by atoms with Gasteiger partial charge in [0.05, 0.1) is 6.07 Å². The van der Waals surface area contributed by atoms with Crippen LogP contribution in [-0.4, -0.2) is 5.97 Å². The van der Waals surface area contributed by atoms with Gasteiger partial charge in [0.25, 0.3) is 0 Å². The summed E-state index contributed by atoms with van der Waals surface area (Å²) in [5, 5.41) is 8.70. The first-order valence-electron chi connectivity index (χ1n) is 6.39. The van der Waals surface area contributed by atoms with Gasteiger partial charge in [0.2, 0.25) is 0 Å². The Morgan fingerprint density at radius 2 is 2.39 bits per heavy atom. The first-order valence-corrected chi connectivity index (χ1v) is 6.39. The van der Waals surface area contributed by atoms with Gasteiger partial charge in [-0.05, 0) is 48.8 Å². The van der Waals surface area contributed by atoms with Crippen molar-refractivity contribution in [1.29, 1.82) is 5.26 Å². The summed E-state index contributed by atoms with van der Waals surface area (Å²) in [6.07, 6.45) is 4.66. The fraction of sp³-hybridized carbons (Fsp3) is 0.467. The quantitative estimate of drug-likeness (QED) is 0.604. The molecule has 0 amide bonds. The minimum atomic E-state index is -0.275. The lowest BCUT2D eigenvalue weighted by molar-refractivity contribution is -0.131. The molecule has 0 fully saturated rings. The Hall–Kier alpha value is -1.82. The molecule has 1 aliphatic carbocycles. The van der Waals surface area contributed by atoms with E-state index in [0.717, 1.165) is 31.2 Å². The molecule has 1 aromatic carbocycles. The zero-order valence-corrected chi connectivity index (χ0v) is 10.6. The Morgan fingerprint density at radius 3 is 3.11 bits per heavy atom. The van der Waals surface area contributed by atoms with Crippen LogP contribution in [0.5, 0.6) is 5.75 Å². The predicted molar refractivity (Wildman–Crippen MR) is 68.3 cm³/mol. The Balaban J connectivity index is 2.28. The predicted octanol–water partition coefficient (Wildman–Crippen LogP) is 3.34. The van der Waals surface area contributed by atoms with Crippen LogP contribution in [0.25, 0.3) is 0 Å². The number of fused-ring (bicyclic) bond motifs is 1. The van der Waals surface area contributed by atoms with Crippen molar-refractivity contribution < 1.29 is 9.53 Å². The van der Waals surface area contributed by atoms with E-state index >= 15 is 0 Å². The highest BCUT2D eigenvalue weighted by molar-refractivity contribution is 5.70. The van der Waals surface area contributed by atoms with Crippen molar-refractivity contribution in [2.75, 3.05) is 0 Å². The lowest BCUT2D eigenvalue weighted by Gasteiger charge is -2.26. The topological polar surface area (TPSA) is 50.1 Å². The molecule has 3 nitrogen and oxygen atoms in total. The summed E-state index contributed by atoms with van der Waals surface area (Å²) in [5.74, 6) is 0.855. The summed E-state index contributed by atoms with van der Waals surface area (Å²) in [6.45, 7) is 1.43. The summed E-state index contributed by atoms with van der Waals surface area (Å²) < 4.78 is 5.26. The van der Waals surface area contributed by atoms with Crippen LogP contribution in [0.4, 0.5) is 0 Å². The number of carbonyl (C=O) groups is 1. The van der Waals surface area contributed by atoms with Crippen molar-refractivity contribution in [3.05, 3.63) is 29.3 Å². The SMILES string of the molecule is CC(=O)Oc1cccc2c1CCCC2CCC#N. The molecular weight excluding hydrogens is 226 g/mol. The summed E-state index contributed by atoms with van der Waals surface area (Å²) in [4.78, 5) is 11.1. The zero-order chi connectivity index (χ0) is 13.0. The largest absolute Gasteiger partial charge is 0.426 e. The average molecular weight is 243 g/mol. The second kappa shape index (κ2) is 5.68. The number of esters is 1. The van der Waals surface area contributed by atoms with Gasteiger partial charge in [0.1, 0.15) is 5.75 Å². The van der Waals surface area contributed by atoms with E-state index in [-0.39, 0.29) is 5.97 Å². The van der Waals surface area contributed by atoms with Crippen LogP contribution in [0.15, 0.2) is 18.2 Å². The Bertz CT molecular complexity index is 488. The summed E-state index contributed by atoms with van der Waals surface area (Å²) in [7, 11) is 0. The highest BCUT2D eigenvalue weighted by atomic mass is 16.5. The molecule has 3 heteroatoms. The van der Waals surface area contributed by atoms with E-state index in [1.165, 1.54) is 12.5 Å². The van der Waals surface area contributed by atoms with Crippen molar-refractivity contribution in [2.45, 2.75) is 44.9 Å². The Morgan fingerprint density at radius 1 is 1.56 bits per heavy atom. The van der Waals surface area contributed by atoms with Crippen LogP contribution in [-0.2, 0) is 11.2 Å². The molecule has 1 atom stereocenters. The molecule has 18 heavy (non-hydrogen) atoms. The first kappa shape index (κ1) is 12.6. The highest BCUT2D eigenvalue weighted by Crippen LogP contribution is 2.38. The smallest absolute Gasteiger partial charge is 0.308 e. The fourth-order valence-electron chi connectivity index (χ4n) is 2.70. The van der Waals surface area contributed by atoms with Crippen molar-refractivity contribution in [3.63, 3.8) is 0 Å². The van der Waals surface area contributed by atoms with Crippen LogP contribution in [0.3, 0.4) is 0 Å². The standard InChI is InChI=1S/C15H17NO2/c1-11(17)18-15-9-3-7-13-12(6-4-10-16)5-2-8-14(13)15/h3,7,9,12H,2,4-6,8H2,1H3. The molecule has 0 aliphatic heterocycles. The Labute approximate surface area is 107 Å². The number of hydrogen-bond donors (Lipinski definition) is 0. The Kier molecular flexibility index (Phi) is 3.99. The average Bonchev–Trinajstić information content (AvgIpc) is 2.36. The number of nitriles is 1. The van der Waals surface area contributed by atoms with Crippen molar-refractivity contribution in [2.24, 2.45) is 0 Å². The van der Waals surface area contributed by atoms with Gasteiger partial charge in [-0.2, -0.15) is 5.26 Å². The monoisotopic (exact) mass is 243 g/mol. The second-order valence-electron chi connectivity index (χ2n) is 4.70. The molecule has 0 aromatic heterocycles. The lowest BCUT2D eigenvalue weighted by atomic mass is 9.80. The number of rotatable bonds is 3. The van der Waals surface area contributed by atoms with Gasteiger partial charge in [-0.1, -0.05) is 12.1 Å². The van der Waals surface area contributed by atoms with E-state index in [0.29, 0.717) is 18.1 Å². The molecule has 0 radical (unpaired) electrons. The third-order valence-corrected chi connectivity index (χ3v) is 3.45. The van der Waals surface area contributed by atoms with Crippen molar-refractivity contribution in [3.8, 4) is 11.8 Å². The summed E-state index contributed by atoms with van der Waals surface area (Å²) in [6, 6.07) is 8.09. The van der Waals surface area contributed by atoms with Crippen molar-refractivity contribution >= 4 is 5.97 Å². The van der Waals surface area contributed by atoms with Gasteiger partial charge in [0, 0.05) is 13.3 Å². The number of carbonyl (C=O) groups excluding carboxylic acids is 1. The van der Waals surface area contributed by atoms with Crippen LogP contribution >= 0.6 is 0 Å². The zero-order valence-electron chi connectivity index (χ0n) is 10.6. The van der Waals surface area contributed by atoms with Crippen LogP contribution in [0.2, 0.25) is 0 Å². The van der Waals surface area contributed by atoms with E-state index in [2.05, 4.69) is 12.1 Å². The van der Waals surface area contributed by atoms with E-state index < -0.39 is 0 Å². The maximum absolute atomic E-state index is 11.1. The first-order chi connectivity index (χ1) is 8.72. The molecule has 1 aromatic rings. The third kappa shape index (κ3) is 2.70. The van der Waals surface area contributed by atoms with Crippen molar-refractivity contribution in [1.82, 2.24) is 0 Å². The number of ether oxygens (including phenoxy) is 1. The molecule has 1 aliphatic rings. The maximum Gasteiger partial charge on any atom is 0.308 e. The van der Waals surface area contributed by atoms with Crippen LogP contribution in [0, 0.1) is 11.3 Å².